The molecule has 0 N–H and O–H groups in total. The summed E-state index contributed by atoms with van der Waals surface area (Å²) >= 11 is 3.56. The van der Waals surface area contributed by atoms with Crippen molar-refractivity contribution < 1.29 is 0 Å². The van der Waals surface area contributed by atoms with Crippen LogP contribution in [-0.2, 0) is 0 Å². The molecular formula is C14H13Br. The maximum atomic E-state index is 3.56. The summed E-state index contributed by atoms with van der Waals surface area (Å²) in [5, 5.41) is 3.86. The highest BCUT2D eigenvalue weighted by atomic mass is 79.9. The van der Waals surface area contributed by atoms with Crippen LogP contribution in [0.4, 0.5) is 0 Å². The van der Waals surface area contributed by atoms with Gasteiger partial charge in [0, 0.05) is 5.33 Å². The number of alkyl halides is 1. The second-order valence-electron chi connectivity index (χ2n) is 4.36. The highest BCUT2D eigenvalue weighted by molar-refractivity contribution is 9.09. The molecule has 0 aliphatic heterocycles. The molecule has 1 heteroatoms. The van der Waals surface area contributed by atoms with E-state index in [1.165, 1.54) is 22.8 Å². The van der Waals surface area contributed by atoms with Crippen molar-refractivity contribution >= 4 is 26.7 Å². The van der Waals surface area contributed by atoms with Crippen molar-refractivity contribution in [3.63, 3.8) is 0 Å². The maximum absolute atomic E-state index is 3.56. The lowest BCUT2D eigenvalue weighted by Crippen LogP contribution is -1.84. The third-order valence-corrected chi connectivity index (χ3v) is 4.15. The van der Waals surface area contributed by atoms with Gasteiger partial charge in [-0.25, -0.2) is 0 Å². The molecule has 0 nitrogen and oxygen atoms in total. The Kier molecular flexibility index (Phi) is 2.28. The van der Waals surface area contributed by atoms with E-state index in [4.69, 9.17) is 0 Å². The molecule has 0 radical (unpaired) electrons. The molecule has 1 saturated carbocycles. The number of hydrogen-bond acceptors (Lipinski definition) is 0. The Balaban J connectivity index is 2.00. The van der Waals surface area contributed by atoms with Gasteiger partial charge in [0.15, 0.2) is 0 Å². The van der Waals surface area contributed by atoms with Crippen molar-refractivity contribution in [2.24, 2.45) is 5.92 Å². The van der Waals surface area contributed by atoms with Crippen LogP contribution in [0.3, 0.4) is 0 Å². The van der Waals surface area contributed by atoms with Crippen molar-refractivity contribution in [1.29, 1.82) is 0 Å². The first-order valence-electron chi connectivity index (χ1n) is 5.43. The monoisotopic (exact) mass is 260 g/mol. The number of benzene rings is 2. The highest BCUT2D eigenvalue weighted by Crippen LogP contribution is 2.48. The van der Waals surface area contributed by atoms with E-state index in [0.29, 0.717) is 0 Å². The van der Waals surface area contributed by atoms with Crippen LogP contribution < -0.4 is 0 Å². The molecule has 2 aromatic carbocycles. The predicted molar refractivity (Wildman–Crippen MR) is 68.6 cm³/mol. The fourth-order valence-electron chi connectivity index (χ4n) is 2.26. The average molecular weight is 261 g/mol. The SMILES string of the molecule is BrCC1CC1c1ccc2ccccc2c1. The molecule has 0 saturated heterocycles. The van der Waals surface area contributed by atoms with Gasteiger partial charge >= 0.3 is 0 Å². The van der Waals surface area contributed by atoms with Gasteiger partial charge in [0.05, 0.1) is 0 Å². The summed E-state index contributed by atoms with van der Waals surface area (Å²) in [6, 6.07) is 15.5. The van der Waals surface area contributed by atoms with Crippen LogP contribution >= 0.6 is 15.9 Å². The zero-order valence-corrected chi connectivity index (χ0v) is 10.1. The van der Waals surface area contributed by atoms with E-state index >= 15 is 0 Å². The first-order valence-corrected chi connectivity index (χ1v) is 6.55. The van der Waals surface area contributed by atoms with Gasteiger partial charge in [-0.1, -0.05) is 58.4 Å². The normalized spacial score (nSPS) is 24.3. The molecule has 2 atom stereocenters. The molecule has 1 aliphatic carbocycles. The van der Waals surface area contributed by atoms with Gasteiger partial charge in [-0.05, 0) is 34.6 Å². The molecule has 15 heavy (non-hydrogen) atoms. The molecule has 0 heterocycles. The van der Waals surface area contributed by atoms with Gasteiger partial charge in [0.1, 0.15) is 0 Å². The van der Waals surface area contributed by atoms with Crippen molar-refractivity contribution in [1.82, 2.24) is 0 Å². The summed E-state index contributed by atoms with van der Waals surface area (Å²) in [4.78, 5) is 0. The minimum Gasteiger partial charge on any atom is -0.0925 e. The molecule has 76 valence electrons. The van der Waals surface area contributed by atoms with E-state index in [1.54, 1.807) is 0 Å². The third-order valence-electron chi connectivity index (χ3n) is 3.32. The Hall–Kier alpha value is -0.820. The summed E-state index contributed by atoms with van der Waals surface area (Å²) in [6.45, 7) is 0. The van der Waals surface area contributed by atoms with Gasteiger partial charge in [-0.2, -0.15) is 0 Å². The third kappa shape index (κ3) is 1.69. The van der Waals surface area contributed by atoms with Crippen molar-refractivity contribution in [2.45, 2.75) is 12.3 Å². The van der Waals surface area contributed by atoms with Gasteiger partial charge in [-0.3, -0.25) is 0 Å². The minimum atomic E-state index is 0.800. The largest absolute Gasteiger partial charge is 0.0925 e. The fourth-order valence-corrected chi connectivity index (χ4v) is 2.98. The molecule has 0 spiro atoms. The van der Waals surface area contributed by atoms with Crippen LogP contribution in [0.15, 0.2) is 42.5 Å². The Labute approximate surface area is 98.4 Å². The molecule has 0 bridgehead atoms. The summed E-state index contributed by atoms with van der Waals surface area (Å²) in [7, 11) is 0. The van der Waals surface area contributed by atoms with E-state index < -0.39 is 0 Å². The summed E-state index contributed by atoms with van der Waals surface area (Å²) in [6.07, 6.45) is 1.35. The van der Waals surface area contributed by atoms with E-state index in [9.17, 15) is 0 Å². The number of halogens is 1. The first-order chi connectivity index (χ1) is 7.38. The Morgan fingerprint density at radius 2 is 1.87 bits per heavy atom. The summed E-state index contributed by atoms with van der Waals surface area (Å²) in [5.41, 5.74) is 1.51. The van der Waals surface area contributed by atoms with E-state index in [2.05, 4.69) is 58.4 Å². The Morgan fingerprint density at radius 3 is 2.60 bits per heavy atom. The van der Waals surface area contributed by atoms with E-state index in [0.717, 1.165) is 17.2 Å². The molecule has 2 aromatic rings. The Bertz CT molecular complexity index is 489. The van der Waals surface area contributed by atoms with Gasteiger partial charge < -0.3 is 0 Å². The lowest BCUT2D eigenvalue weighted by atomic mass is 10.0. The molecule has 3 rings (SSSR count). The van der Waals surface area contributed by atoms with Crippen molar-refractivity contribution in [2.75, 3.05) is 5.33 Å². The minimum absolute atomic E-state index is 0.800. The summed E-state index contributed by atoms with van der Waals surface area (Å²) < 4.78 is 0. The first kappa shape index (κ1) is 9.41. The second-order valence-corrected chi connectivity index (χ2v) is 5.01. The van der Waals surface area contributed by atoms with E-state index in [1.807, 2.05) is 0 Å². The molecule has 0 amide bonds. The number of rotatable bonds is 2. The average Bonchev–Trinajstić information content (AvgIpc) is 3.08. The Morgan fingerprint density at radius 1 is 1.07 bits per heavy atom. The number of hydrogen-bond donors (Lipinski definition) is 0. The van der Waals surface area contributed by atoms with Crippen LogP contribution in [-0.4, -0.2) is 5.33 Å². The molecule has 2 unspecified atom stereocenters. The topological polar surface area (TPSA) is 0 Å². The van der Waals surface area contributed by atoms with Gasteiger partial charge in [0.25, 0.3) is 0 Å². The molecule has 1 fully saturated rings. The maximum Gasteiger partial charge on any atom is 0.00657 e. The van der Waals surface area contributed by atoms with E-state index in [-0.39, 0.29) is 0 Å². The zero-order chi connectivity index (χ0) is 10.3. The van der Waals surface area contributed by atoms with Crippen LogP contribution in [0, 0.1) is 5.92 Å². The zero-order valence-electron chi connectivity index (χ0n) is 8.49. The smallest absolute Gasteiger partial charge is 0.00657 e. The van der Waals surface area contributed by atoms with Crippen LogP contribution in [0.1, 0.15) is 17.9 Å². The van der Waals surface area contributed by atoms with Gasteiger partial charge in [-0.15, -0.1) is 0 Å². The van der Waals surface area contributed by atoms with Crippen molar-refractivity contribution in [3.8, 4) is 0 Å². The highest BCUT2D eigenvalue weighted by Gasteiger charge is 2.36. The number of fused-ring (bicyclic) bond motifs is 1. The van der Waals surface area contributed by atoms with Crippen molar-refractivity contribution in [3.05, 3.63) is 48.0 Å². The van der Waals surface area contributed by atoms with Crippen LogP contribution in [0.5, 0.6) is 0 Å². The second kappa shape index (κ2) is 3.64. The predicted octanol–water partition coefficient (Wildman–Crippen LogP) is 4.34. The van der Waals surface area contributed by atoms with Gasteiger partial charge in [0.2, 0.25) is 0 Å². The molecule has 0 aromatic heterocycles. The summed E-state index contributed by atoms with van der Waals surface area (Å²) in [5.74, 6) is 1.67. The molecule has 1 aliphatic rings. The standard InChI is InChI=1S/C14H13Br/c15-9-13-8-14(13)12-6-5-10-3-1-2-4-11(10)7-12/h1-7,13-14H,8-9H2. The quantitative estimate of drug-likeness (QED) is 0.705. The van der Waals surface area contributed by atoms with Crippen LogP contribution in [0.2, 0.25) is 0 Å². The fraction of sp³-hybridized carbons (Fsp3) is 0.286. The lowest BCUT2D eigenvalue weighted by Gasteiger charge is -2.02. The van der Waals surface area contributed by atoms with Crippen LogP contribution in [0.25, 0.3) is 10.8 Å². The lowest BCUT2D eigenvalue weighted by molar-refractivity contribution is 0.938. The molecular weight excluding hydrogens is 248 g/mol.